The molecule has 1 amide bonds. The Balaban J connectivity index is 1.92. The lowest BCUT2D eigenvalue weighted by Gasteiger charge is -2.08. The Bertz CT molecular complexity index is 1390. The van der Waals surface area contributed by atoms with Gasteiger partial charge >= 0.3 is 5.97 Å². The fourth-order valence-corrected chi connectivity index (χ4v) is 5.18. The van der Waals surface area contributed by atoms with Crippen LogP contribution in [0.1, 0.15) is 29.8 Å². The number of rotatable bonds is 6. The average molecular weight is 471 g/mol. The van der Waals surface area contributed by atoms with Crippen molar-refractivity contribution in [1.82, 2.24) is 4.57 Å². The Morgan fingerprint density at radius 2 is 1.88 bits per heavy atom. The predicted molar refractivity (Wildman–Crippen MR) is 123 cm³/mol. The number of amides is 1. The van der Waals surface area contributed by atoms with Crippen LogP contribution in [-0.4, -0.2) is 37.2 Å². The minimum absolute atomic E-state index is 0.0136. The smallest absolute Gasteiger partial charge is 0.337 e. The Hall–Kier alpha value is -3.22. The van der Waals surface area contributed by atoms with Gasteiger partial charge in [0.1, 0.15) is 0 Å². The lowest BCUT2D eigenvalue weighted by Crippen LogP contribution is -2.17. The summed E-state index contributed by atoms with van der Waals surface area (Å²) in [5, 5.41) is -0.524. The van der Waals surface area contributed by atoms with Crippen molar-refractivity contribution in [2.24, 2.45) is 4.99 Å². The van der Waals surface area contributed by atoms with E-state index in [1.165, 1.54) is 30.6 Å². The maximum Gasteiger partial charge on any atom is 0.337 e. The molecule has 7 nitrogen and oxygen atoms in total. The normalized spacial score (nSPS) is 12.2. The van der Waals surface area contributed by atoms with Gasteiger partial charge in [-0.2, -0.15) is 4.99 Å². The van der Waals surface area contributed by atoms with Crippen LogP contribution in [0.25, 0.3) is 10.2 Å². The van der Waals surface area contributed by atoms with E-state index in [0.29, 0.717) is 15.9 Å². The number of fused-ring (bicyclic) bond motifs is 1. The van der Waals surface area contributed by atoms with E-state index in [1.807, 2.05) is 0 Å². The Morgan fingerprint density at radius 3 is 2.47 bits per heavy atom. The zero-order chi connectivity index (χ0) is 23.5. The second kappa shape index (κ2) is 9.51. The van der Waals surface area contributed by atoms with Crippen molar-refractivity contribution in [2.75, 3.05) is 7.11 Å². The minimum atomic E-state index is -3.37. The number of hydrogen-bond acceptors (Lipinski definition) is 6. The van der Waals surface area contributed by atoms with Gasteiger partial charge in [0, 0.05) is 0 Å². The van der Waals surface area contributed by atoms with Crippen LogP contribution in [0.3, 0.4) is 0 Å². The van der Waals surface area contributed by atoms with Gasteiger partial charge < -0.3 is 9.30 Å². The summed E-state index contributed by atoms with van der Waals surface area (Å²) in [4.78, 5) is 29.3. The molecule has 0 radical (unpaired) electrons. The zero-order valence-corrected chi connectivity index (χ0v) is 19.5. The third-order valence-corrected chi connectivity index (χ3v) is 8.01. The van der Waals surface area contributed by atoms with Crippen LogP contribution in [0.2, 0.25) is 0 Å². The standard InChI is InChI=1S/C23H22N2O5S2/c1-5-12-25-19-11-8-17(22(27)30-4)14-20(19)31-23(25)24-21(26)13-16-6-9-18(10-7-16)32(28,29)15(2)3/h1,6-11,14-15H,12-13H2,2-4H3. The molecule has 1 aromatic heterocycles. The number of esters is 1. The second-order valence-corrected chi connectivity index (χ2v) is 10.8. The van der Waals surface area contributed by atoms with Crippen molar-refractivity contribution in [2.45, 2.75) is 37.0 Å². The molecular weight excluding hydrogens is 448 g/mol. The highest BCUT2D eigenvalue weighted by Gasteiger charge is 2.19. The molecule has 0 fully saturated rings. The number of nitrogens with zero attached hydrogens (tertiary/aromatic N) is 2. The highest BCUT2D eigenvalue weighted by Crippen LogP contribution is 2.20. The maximum atomic E-state index is 12.6. The van der Waals surface area contributed by atoms with Crippen LogP contribution in [0.4, 0.5) is 0 Å². The van der Waals surface area contributed by atoms with Gasteiger partial charge in [0.15, 0.2) is 14.6 Å². The van der Waals surface area contributed by atoms with Gasteiger partial charge in [0.05, 0.1) is 46.0 Å². The molecule has 0 N–H and O–H groups in total. The highest BCUT2D eigenvalue weighted by molar-refractivity contribution is 7.92. The molecular formula is C23H22N2O5S2. The largest absolute Gasteiger partial charge is 0.465 e. The Kier molecular flexibility index (Phi) is 6.96. The van der Waals surface area contributed by atoms with Gasteiger partial charge in [-0.15, -0.1) is 6.42 Å². The number of ether oxygens (including phenoxy) is 1. The molecule has 0 bridgehead atoms. The molecule has 3 aromatic rings. The number of thiazole rings is 1. The lowest BCUT2D eigenvalue weighted by molar-refractivity contribution is -0.117. The molecule has 0 aliphatic carbocycles. The molecule has 0 aliphatic heterocycles. The number of terminal acetylenes is 1. The van der Waals surface area contributed by atoms with E-state index in [-0.39, 0.29) is 17.9 Å². The number of hydrogen-bond donors (Lipinski definition) is 0. The fraction of sp³-hybridized carbons (Fsp3) is 0.261. The Labute approximate surface area is 190 Å². The van der Waals surface area contributed by atoms with Crippen molar-refractivity contribution in [3.63, 3.8) is 0 Å². The quantitative estimate of drug-likeness (QED) is 0.408. The first-order chi connectivity index (χ1) is 15.2. The third kappa shape index (κ3) is 4.82. The molecule has 0 aliphatic rings. The molecule has 0 spiro atoms. The van der Waals surface area contributed by atoms with Crippen molar-refractivity contribution >= 4 is 43.3 Å². The van der Waals surface area contributed by atoms with E-state index >= 15 is 0 Å². The number of carbonyl (C=O) groups excluding carboxylic acids is 2. The molecule has 2 aromatic carbocycles. The summed E-state index contributed by atoms with van der Waals surface area (Å²) < 4.78 is 31.7. The topological polar surface area (TPSA) is 94.8 Å². The van der Waals surface area contributed by atoms with E-state index in [1.54, 1.807) is 48.7 Å². The van der Waals surface area contributed by atoms with Gasteiger partial charge in [0.2, 0.25) is 0 Å². The number of methoxy groups -OCH3 is 1. The summed E-state index contributed by atoms with van der Waals surface area (Å²) in [5.74, 6) is 1.70. The van der Waals surface area contributed by atoms with E-state index in [4.69, 9.17) is 11.2 Å². The molecule has 3 rings (SSSR count). The third-order valence-electron chi connectivity index (χ3n) is 4.80. The second-order valence-electron chi connectivity index (χ2n) is 7.27. The summed E-state index contributed by atoms with van der Waals surface area (Å²) in [5.41, 5.74) is 1.80. The first kappa shape index (κ1) is 23.4. The first-order valence-corrected chi connectivity index (χ1v) is 12.1. The summed E-state index contributed by atoms with van der Waals surface area (Å²) in [6, 6.07) is 11.3. The van der Waals surface area contributed by atoms with E-state index in [2.05, 4.69) is 10.9 Å². The summed E-state index contributed by atoms with van der Waals surface area (Å²) in [6.07, 6.45) is 5.50. The first-order valence-electron chi connectivity index (χ1n) is 9.73. The molecule has 1 heterocycles. The van der Waals surface area contributed by atoms with Gasteiger partial charge in [-0.05, 0) is 49.7 Å². The molecule has 32 heavy (non-hydrogen) atoms. The van der Waals surface area contributed by atoms with Crippen LogP contribution in [-0.2, 0) is 32.3 Å². The van der Waals surface area contributed by atoms with Crippen molar-refractivity contribution in [3.05, 3.63) is 58.4 Å². The van der Waals surface area contributed by atoms with Crippen LogP contribution in [0, 0.1) is 12.3 Å². The van der Waals surface area contributed by atoms with Crippen LogP contribution < -0.4 is 4.80 Å². The molecule has 9 heteroatoms. The van der Waals surface area contributed by atoms with Crippen molar-refractivity contribution in [3.8, 4) is 12.3 Å². The number of benzene rings is 2. The number of sulfone groups is 1. The molecule has 166 valence electrons. The Morgan fingerprint density at radius 1 is 1.19 bits per heavy atom. The van der Waals surface area contributed by atoms with Gasteiger partial charge in [0.25, 0.3) is 5.91 Å². The monoisotopic (exact) mass is 470 g/mol. The predicted octanol–water partition coefficient (Wildman–Crippen LogP) is 2.97. The summed E-state index contributed by atoms with van der Waals surface area (Å²) in [7, 11) is -2.06. The van der Waals surface area contributed by atoms with E-state index < -0.39 is 27.0 Å². The van der Waals surface area contributed by atoms with E-state index in [9.17, 15) is 18.0 Å². The molecule has 0 saturated carbocycles. The molecule has 0 unspecified atom stereocenters. The molecule has 0 atom stereocenters. The SMILES string of the molecule is C#CCn1c(=NC(=O)Cc2ccc(S(=O)(=O)C(C)C)cc2)sc2cc(C(=O)OC)ccc21. The van der Waals surface area contributed by atoms with Crippen molar-refractivity contribution < 1.29 is 22.7 Å². The van der Waals surface area contributed by atoms with Gasteiger partial charge in [-0.3, -0.25) is 4.79 Å². The zero-order valence-electron chi connectivity index (χ0n) is 17.9. The minimum Gasteiger partial charge on any atom is -0.465 e. The van der Waals surface area contributed by atoms with Gasteiger partial charge in [-0.1, -0.05) is 29.4 Å². The maximum absolute atomic E-state index is 12.6. The molecule has 0 saturated heterocycles. The number of carbonyl (C=O) groups is 2. The van der Waals surface area contributed by atoms with Gasteiger partial charge in [-0.25, -0.2) is 13.2 Å². The fourth-order valence-electron chi connectivity index (χ4n) is 3.04. The van der Waals surface area contributed by atoms with E-state index in [0.717, 1.165) is 10.2 Å². The van der Waals surface area contributed by atoms with Crippen molar-refractivity contribution in [1.29, 1.82) is 0 Å². The lowest BCUT2D eigenvalue weighted by atomic mass is 10.1. The average Bonchev–Trinajstić information content (AvgIpc) is 3.09. The highest BCUT2D eigenvalue weighted by atomic mass is 32.2. The van der Waals surface area contributed by atoms with Crippen LogP contribution >= 0.6 is 11.3 Å². The summed E-state index contributed by atoms with van der Waals surface area (Å²) >= 11 is 1.25. The van der Waals surface area contributed by atoms with Crippen LogP contribution in [0.5, 0.6) is 0 Å². The van der Waals surface area contributed by atoms with Crippen LogP contribution in [0.15, 0.2) is 52.4 Å². The summed E-state index contributed by atoms with van der Waals surface area (Å²) in [6.45, 7) is 3.46. The number of aromatic nitrogens is 1.